The number of carbonyl (C=O) groups excluding carboxylic acids is 2. The molecule has 3 rings (SSSR count). The Morgan fingerprint density at radius 2 is 1.41 bits per heavy atom. The zero-order valence-electron chi connectivity index (χ0n) is 22.5. The maximum absolute atomic E-state index is 13.3. The Bertz CT molecular complexity index is 1200. The van der Waals surface area contributed by atoms with Crippen LogP contribution in [0.5, 0.6) is 0 Å². The van der Waals surface area contributed by atoms with Crippen LogP contribution in [0.25, 0.3) is 0 Å². The highest BCUT2D eigenvalue weighted by atomic mass is 32.1. The van der Waals surface area contributed by atoms with Gasteiger partial charge in [0.25, 0.3) is 5.91 Å². The van der Waals surface area contributed by atoms with Crippen LogP contribution in [-0.2, 0) is 17.6 Å². The number of carbonyl (C=O) groups is 3. The number of aliphatic hydroxyl groups excluding tert-OH is 1. The van der Waals surface area contributed by atoms with Gasteiger partial charge in [-0.15, -0.1) is 11.3 Å². The summed E-state index contributed by atoms with van der Waals surface area (Å²) in [5.41, 5.74) is 1.21. The Kier molecular flexibility index (Phi) is 10.7. The molecule has 1 aromatic heterocycles. The zero-order chi connectivity index (χ0) is 28.4. The molecule has 0 aliphatic heterocycles. The lowest BCUT2D eigenvalue weighted by Gasteiger charge is -2.33. The van der Waals surface area contributed by atoms with Crippen molar-refractivity contribution in [3.05, 3.63) is 94.2 Å². The van der Waals surface area contributed by atoms with Crippen molar-refractivity contribution in [3.8, 4) is 0 Å². The van der Waals surface area contributed by atoms with E-state index in [1.807, 2.05) is 72.1 Å². The number of aliphatic hydroxyl groups is 1. The summed E-state index contributed by atoms with van der Waals surface area (Å²) >= 11 is 1.34. The first-order valence-corrected chi connectivity index (χ1v) is 13.8. The van der Waals surface area contributed by atoms with Gasteiger partial charge in [0.1, 0.15) is 6.04 Å². The molecule has 0 spiro atoms. The molecule has 3 amide bonds. The highest BCUT2D eigenvalue weighted by Crippen LogP contribution is 2.21. The smallest absolute Gasteiger partial charge is 0.405 e. The lowest BCUT2D eigenvalue weighted by atomic mass is 9.85. The number of hydrogen-bond donors (Lipinski definition) is 5. The largest absolute Gasteiger partial charge is 0.465 e. The maximum atomic E-state index is 13.3. The normalized spacial score (nSPS) is 14.5. The van der Waals surface area contributed by atoms with Gasteiger partial charge in [-0.2, -0.15) is 0 Å². The minimum atomic E-state index is -1.30. The van der Waals surface area contributed by atoms with Gasteiger partial charge in [0.2, 0.25) is 5.91 Å². The van der Waals surface area contributed by atoms with Gasteiger partial charge in [0.05, 0.1) is 17.0 Å². The average molecular weight is 552 g/mol. The SMILES string of the molecule is CC(C)(C)[C@H](NC(=O)O)C(=O)N[C@@H](Cc1ccccc1)[C@@H](O)C[C@H](Cc1ccccc1)NC(=O)c1cccs1. The van der Waals surface area contributed by atoms with Crippen LogP contribution in [0.2, 0.25) is 0 Å². The second kappa shape index (κ2) is 13.9. The lowest BCUT2D eigenvalue weighted by molar-refractivity contribution is -0.127. The second-order valence-corrected chi connectivity index (χ2v) is 11.6. The molecule has 5 N–H and O–H groups in total. The van der Waals surface area contributed by atoms with Crippen molar-refractivity contribution >= 4 is 29.2 Å². The molecule has 0 aliphatic rings. The van der Waals surface area contributed by atoms with Crippen LogP contribution in [0, 0.1) is 5.41 Å². The summed E-state index contributed by atoms with van der Waals surface area (Å²) in [6, 6.07) is 20.5. The molecule has 0 fully saturated rings. The highest BCUT2D eigenvalue weighted by Gasteiger charge is 2.35. The second-order valence-electron chi connectivity index (χ2n) is 10.7. The van der Waals surface area contributed by atoms with Crippen LogP contribution in [0.4, 0.5) is 4.79 Å². The number of nitrogens with one attached hydrogen (secondary N) is 3. The monoisotopic (exact) mass is 551 g/mol. The number of benzene rings is 2. The van der Waals surface area contributed by atoms with Gasteiger partial charge in [0.15, 0.2) is 0 Å². The minimum absolute atomic E-state index is 0.177. The molecule has 0 bridgehead atoms. The third-order valence-corrected chi connectivity index (χ3v) is 7.29. The molecule has 208 valence electrons. The fourth-order valence-corrected chi connectivity index (χ4v) is 5.05. The molecule has 8 nitrogen and oxygen atoms in total. The van der Waals surface area contributed by atoms with Crippen LogP contribution in [0.15, 0.2) is 78.2 Å². The van der Waals surface area contributed by atoms with Gasteiger partial charge in [-0.25, -0.2) is 4.79 Å². The maximum Gasteiger partial charge on any atom is 0.405 e. The third-order valence-electron chi connectivity index (χ3n) is 6.42. The molecule has 0 radical (unpaired) electrons. The first kappa shape index (κ1) is 29.9. The van der Waals surface area contributed by atoms with Crippen molar-refractivity contribution in [1.29, 1.82) is 0 Å². The average Bonchev–Trinajstić information content (AvgIpc) is 3.42. The van der Waals surface area contributed by atoms with Crippen molar-refractivity contribution in [3.63, 3.8) is 0 Å². The number of amides is 3. The van der Waals surface area contributed by atoms with Crippen molar-refractivity contribution in [2.75, 3.05) is 0 Å². The van der Waals surface area contributed by atoms with E-state index in [0.29, 0.717) is 17.7 Å². The zero-order valence-corrected chi connectivity index (χ0v) is 23.3. The predicted molar refractivity (Wildman–Crippen MR) is 153 cm³/mol. The molecule has 4 atom stereocenters. The molecule has 2 aromatic carbocycles. The molecule has 0 saturated heterocycles. The summed E-state index contributed by atoms with van der Waals surface area (Å²) in [5.74, 6) is -0.743. The van der Waals surface area contributed by atoms with Gasteiger partial charge in [0, 0.05) is 6.04 Å². The van der Waals surface area contributed by atoms with E-state index in [-0.39, 0.29) is 12.3 Å². The third kappa shape index (κ3) is 9.53. The van der Waals surface area contributed by atoms with Crippen molar-refractivity contribution in [1.82, 2.24) is 16.0 Å². The van der Waals surface area contributed by atoms with E-state index < -0.39 is 41.6 Å². The van der Waals surface area contributed by atoms with E-state index in [1.165, 1.54) is 11.3 Å². The summed E-state index contributed by atoms with van der Waals surface area (Å²) in [4.78, 5) is 38.2. The Morgan fingerprint density at radius 1 is 0.821 bits per heavy atom. The fourth-order valence-electron chi connectivity index (χ4n) is 4.43. The van der Waals surface area contributed by atoms with Crippen molar-refractivity contribution < 1.29 is 24.6 Å². The van der Waals surface area contributed by atoms with Crippen LogP contribution in [0.3, 0.4) is 0 Å². The minimum Gasteiger partial charge on any atom is -0.465 e. The fraction of sp³-hybridized carbons (Fsp3) is 0.367. The van der Waals surface area contributed by atoms with Crippen LogP contribution >= 0.6 is 11.3 Å². The molecule has 0 aliphatic carbocycles. The Hall–Kier alpha value is -3.69. The van der Waals surface area contributed by atoms with E-state index >= 15 is 0 Å². The van der Waals surface area contributed by atoms with Gasteiger partial charge in [-0.1, -0.05) is 87.5 Å². The van der Waals surface area contributed by atoms with Crippen LogP contribution in [-0.4, -0.2) is 52.4 Å². The molecular formula is C30H37N3O5S. The van der Waals surface area contributed by atoms with Crippen LogP contribution in [0.1, 0.15) is 48.0 Å². The summed E-state index contributed by atoms with van der Waals surface area (Å²) in [6.45, 7) is 5.31. The Balaban J connectivity index is 1.84. The van der Waals surface area contributed by atoms with Crippen molar-refractivity contribution in [2.24, 2.45) is 5.41 Å². The van der Waals surface area contributed by atoms with E-state index in [9.17, 15) is 24.6 Å². The van der Waals surface area contributed by atoms with E-state index in [4.69, 9.17) is 0 Å². The summed E-state index contributed by atoms with van der Waals surface area (Å²) in [7, 11) is 0. The molecule has 0 saturated carbocycles. The molecule has 9 heteroatoms. The number of thiophene rings is 1. The molecule has 39 heavy (non-hydrogen) atoms. The number of carboxylic acid groups (broad SMARTS) is 1. The summed E-state index contributed by atoms with van der Waals surface area (Å²) in [5, 5.41) is 30.9. The van der Waals surface area contributed by atoms with Gasteiger partial charge >= 0.3 is 6.09 Å². The van der Waals surface area contributed by atoms with Gasteiger partial charge in [-0.05, 0) is 47.3 Å². The molecule has 1 heterocycles. The standard InChI is InChI=1S/C30H37N3O5S/c1-30(2,3)26(33-29(37)38)28(36)32-23(18-21-13-8-5-9-14-21)24(34)19-22(17-20-11-6-4-7-12-20)31-27(35)25-15-10-16-39-25/h4-16,22-24,26,33-34H,17-19H2,1-3H3,(H,31,35)(H,32,36)(H,37,38)/t22-,23-,24-,26+/m0/s1. The number of hydrogen-bond acceptors (Lipinski definition) is 5. The van der Waals surface area contributed by atoms with Crippen LogP contribution < -0.4 is 16.0 Å². The topological polar surface area (TPSA) is 128 Å². The molecular weight excluding hydrogens is 514 g/mol. The quantitative estimate of drug-likeness (QED) is 0.230. The molecule has 3 aromatic rings. The lowest BCUT2D eigenvalue weighted by Crippen LogP contribution is -2.58. The Morgan fingerprint density at radius 3 is 1.92 bits per heavy atom. The summed E-state index contributed by atoms with van der Waals surface area (Å²) < 4.78 is 0. The number of rotatable bonds is 12. The Labute approximate surface area is 233 Å². The van der Waals surface area contributed by atoms with E-state index in [1.54, 1.807) is 26.8 Å². The summed E-state index contributed by atoms with van der Waals surface area (Å²) in [6.07, 6.45) is -1.33. The van der Waals surface area contributed by atoms with Gasteiger partial charge < -0.3 is 26.2 Å². The van der Waals surface area contributed by atoms with E-state index in [2.05, 4.69) is 16.0 Å². The van der Waals surface area contributed by atoms with E-state index in [0.717, 1.165) is 11.1 Å². The van der Waals surface area contributed by atoms with Crippen molar-refractivity contribution in [2.45, 2.75) is 64.3 Å². The highest BCUT2D eigenvalue weighted by molar-refractivity contribution is 7.12. The first-order chi connectivity index (χ1) is 18.5. The first-order valence-electron chi connectivity index (χ1n) is 12.9. The molecule has 0 unspecified atom stereocenters. The van der Waals surface area contributed by atoms with Gasteiger partial charge in [-0.3, -0.25) is 9.59 Å². The predicted octanol–water partition coefficient (Wildman–Crippen LogP) is 4.25.